The second-order valence-electron chi connectivity index (χ2n) is 4.83. The molecule has 1 aliphatic carbocycles. The van der Waals surface area contributed by atoms with Crippen LogP contribution in [0.25, 0.3) is 11.3 Å². The lowest BCUT2D eigenvalue weighted by molar-refractivity contribution is 0.0695. The van der Waals surface area contributed by atoms with E-state index in [4.69, 9.17) is 0 Å². The number of rotatable bonds is 3. The summed E-state index contributed by atoms with van der Waals surface area (Å²) >= 11 is 3.31. The molecule has 1 heterocycles. The number of carboxylic acid groups (broad SMARTS) is 1. The van der Waals surface area contributed by atoms with Gasteiger partial charge in [0.1, 0.15) is 5.82 Å². The summed E-state index contributed by atoms with van der Waals surface area (Å²) in [7, 11) is 0. The summed E-state index contributed by atoms with van der Waals surface area (Å²) in [5.74, 6) is -1.05. The van der Waals surface area contributed by atoms with Gasteiger partial charge in [-0.05, 0) is 59.1 Å². The van der Waals surface area contributed by atoms with Crippen LogP contribution in [0.4, 0.5) is 4.39 Å². The van der Waals surface area contributed by atoms with E-state index in [1.807, 2.05) is 0 Å². The minimum absolute atomic E-state index is 0.236. The maximum Gasteiger partial charge on any atom is 0.337 e. The number of aromatic nitrogens is 1. The van der Waals surface area contributed by atoms with E-state index < -0.39 is 5.97 Å². The quantitative estimate of drug-likeness (QED) is 0.913. The number of carbonyl (C=O) groups is 1. The van der Waals surface area contributed by atoms with Gasteiger partial charge in [-0.25, -0.2) is 9.18 Å². The van der Waals surface area contributed by atoms with Crippen LogP contribution in [0.2, 0.25) is 0 Å². The van der Waals surface area contributed by atoms with Crippen molar-refractivity contribution in [2.45, 2.75) is 18.8 Å². The molecular weight excluding hydrogens is 325 g/mol. The van der Waals surface area contributed by atoms with E-state index in [-0.39, 0.29) is 17.3 Å². The van der Waals surface area contributed by atoms with Gasteiger partial charge < -0.3 is 5.11 Å². The normalized spacial score (nSPS) is 14.3. The molecule has 1 N–H and O–H groups in total. The molecule has 0 amide bonds. The van der Waals surface area contributed by atoms with E-state index in [1.54, 1.807) is 18.2 Å². The van der Waals surface area contributed by atoms with Crippen molar-refractivity contribution in [1.29, 1.82) is 0 Å². The maximum atomic E-state index is 13.1. The molecule has 2 aromatic rings. The van der Waals surface area contributed by atoms with Crippen LogP contribution in [-0.4, -0.2) is 16.1 Å². The SMILES string of the molecule is O=C(O)c1ccc(-c2ccc(F)cc2Br)nc1C1CC1. The molecule has 3 rings (SSSR count). The molecule has 0 saturated heterocycles. The first kappa shape index (κ1) is 13.2. The van der Waals surface area contributed by atoms with Gasteiger partial charge in [-0.2, -0.15) is 0 Å². The Balaban J connectivity index is 2.10. The van der Waals surface area contributed by atoms with Gasteiger partial charge in [-0.3, -0.25) is 4.98 Å². The third-order valence-corrected chi connectivity index (χ3v) is 3.98. The van der Waals surface area contributed by atoms with E-state index in [0.717, 1.165) is 18.4 Å². The third-order valence-electron chi connectivity index (χ3n) is 3.33. The number of carboxylic acids is 1. The number of hydrogen-bond acceptors (Lipinski definition) is 2. The molecule has 1 aliphatic rings. The average molecular weight is 336 g/mol. The number of hydrogen-bond donors (Lipinski definition) is 1. The molecule has 3 nitrogen and oxygen atoms in total. The molecule has 1 saturated carbocycles. The molecule has 1 aromatic carbocycles. The first-order valence-corrected chi connectivity index (χ1v) is 7.05. The molecule has 1 aromatic heterocycles. The molecule has 0 aliphatic heterocycles. The van der Waals surface area contributed by atoms with Crippen LogP contribution < -0.4 is 0 Å². The van der Waals surface area contributed by atoms with Crippen molar-refractivity contribution >= 4 is 21.9 Å². The van der Waals surface area contributed by atoms with Gasteiger partial charge in [-0.1, -0.05) is 0 Å². The summed E-state index contributed by atoms with van der Waals surface area (Å²) in [6.45, 7) is 0. The van der Waals surface area contributed by atoms with Crippen LogP contribution in [-0.2, 0) is 0 Å². The Kier molecular flexibility index (Phi) is 3.30. The Bertz CT molecular complexity index is 698. The zero-order valence-corrected chi connectivity index (χ0v) is 12.0. The molecule has 0 spiro atoms. The van der Waals surface area contributed by atoms with Gasteiger partial charge in [0, 0.05) is 16.0 Å². The Morgan fingerprint density at radius 1 is 1.30 bits per heavy atom. The van der Waals surface area contributed by atoms with Crippen LogP contribution in [0.3, 0.4) is 0 Å². The van der Waals surface area contributed by atoms with E-state index in [9.17, 15) is 14.3 Å². The van der Waals surface area contributed by atoms with Crippen molar-refractivity contribution < 1.29 is 14.3 Å². The fraction of sp³-hybridized carbons (Fsp3) is 0.200. The minimum Gasteiger partial charge on any atom is -0.478 e. The molecule has 1 fully saturated rings. The number of halogens is 2. The van der Waals surface area contributed by atoms with Gasteiger partial charge >= 0.3 is 5.97 Å². The van der Waals surface area contributed by atoms with Crippen LogP contribution in [0, 0.1) is 5.82 Å². The van der Waals surface area contributed by atoms with Gasteiger partial charge in [0.25, 0.3) is 0 Å². The van der Waals surface area contributed by atoms with E-state index >= 15 is 0 Å². The van der Waals surface area contributed by atoms with Crippen LogP contribution >= 0.6 is 15.9 Å². The average Bonchev–Trinajstić information content (AvgIpc) is 3.22. The molecule has 102 valence electrons. The lowest BCUT2D eigenvalue weighted by atomic mass is 10.1. The second-order valence-corrected chi connectivity index (χ2v) is 5.69. The van der Waals surface area contributed by atoms with Gasteiger partial charge in [-0.15, -0.1) is 0 Å². The van der Waals surface area contributed by atoms with Crippen molar-refractivity contribution in [3.8, 4) is 11.3 Å². The monoisotopic (exact) mass is 335 g/mol. The summed E-state index contributed by atoms with van der Waals surface area (Å²) in [4.78, 5) is 15.7. The first-order chi connectivity index (χ1) is 9.56. The predicted molar refractivity (Wildman–Crippen MR) is 76.3 cm³/mol. The molecule has 0 atom stereocenters. The molecule has 20 heavy (non-hydrogen) atoms. The van der Waals surface area contributed by atoms with Crippen molar-refractivity contribution in [2.24, 2.45) is 0 Å². The first-order valence-electron chi connectivity index (χ1n) is 6.26. The highest BCUT2D eigenvalue weighted by atomic mass is 79.9. The highest BCUT2D eigenvalue weighted by molar-refractivity contribution is 9.10. The topological polar surface area (TPSA) is 50.2 Å². The zero-order valence-electron chi connectivity index (χ0n) is 10.4. The summed E-state index contributed by atoms with van der Waals surface area (Å²) in [6, 6.07) is 7.61. The number of pyridine rings is 1. The molecular formula is C15H11BrFNO2. The summed E-state index contributed by atoms with van der Waals surface area (Å²) in [5, 5.41) is 9.20. The maximum absolute atomic E-state index is 13.1. The van der Waals surface area contributed by atoms with Crippen molar-refractivity contribution in [3.05, 3.63) is 51.9 Å². The standard InChI is InChI=1S/C15H11BrFNO2/c16-12-7-9(17)3-4-10(12)13-6-5-11(15(19)20)14(18-13)8-1-2-8/h3-8H,1-2H2,(H,19,20). The second kappa shape index (κ2) is 4.98. The number of nitrogens with zero attached hydrogens (tertiary/aromatic N) is 1. The van der Waals surface area contributed by atoms with E-state index in [0.29, 0.717) is 15.9 Å². The molecule has 5 heteroatoms. The predicted octanol–water partition coefficient (Wildman–Crippen LogP) is 4.23. The highest BCUT2D eigenvalue weighted by Crippen LogP contribution is 2.41. The molecule has 0 unspecified atom stereocenters. The Hall–Kier alpha value is -1.75. The van der Waals surface area contributed by atoms with E-state index in [2.05, 4.69) is 20.9 Å². The molecule has 0 radical (unpaired) electrons. The van der Waals surface area contributed by atoms with E-state index in [1.165, 1.54) is 12.1 Å². The lowest BCUT2D eigenvalue weighted by Crippen LogP contribution is -2.04. The summed E-state index contributed by atoms with van der Waals surface area (Å²) < 4.78 is 13.7. The van der Waals surface area contributed by atoms with Crippen molar-refractivity contribution in [2.75, 3.05) is 0 Å². The Labute approximate surface area is 123 Å². The smallest absolute Gasteiger partial charge is 0.337 e. The van der Waals surface area contributed by atoms with Crippen LogP contribution in [0.1, 0.15) is 34.8 Å². The van der Waals surface area contributed by atoms with Crippen LogP contribution in [0.15, 0.2) is 34.8 Å². The highest BCUT2D eigenvalue weighted by Gasteiger charge is 2.30. The largest absolute Gasteiger partial charge is 0.478 e. The van der Waals surface area contributed by atoms with Crippen molar-refractivity contribution in [1.82, 2.24) is 4.98 Å². The number of aromatic carboxylic acids is 1. The van der Waals surface area contributed by atoms with Gasteiger partial charge in [0.05, 0.1) is 17.0 Å². The third kappa shape index (κ3) is 2.45. The zero-order chi connectivity index (χ0) is 14.3. The Morgan fingerprint density at radius 3 is 2.65 bits per heavy atom. The summed E-state index contributed by atoms with van der Waals surface area (Å²) in [6.07, 6.45) is 1.95. The fourth-order valence-corrected chi connectivity index (χ4v) is 2.72. The van der Waals surface area contributed by atoms with Crippen LogP contribution in [0.5, 0.6) is 0 Å². The fourth-order valence-electron chi connectivity index (χ4n) is 2.17. The number of benzene rings is 1. The Morgan fingerprint density at radius 2 is 2.05 bits per heavy atom. The summed E-state index contributed by atoms with van der Waals surface area (Å²) in [5.41, 5.74) is 2.30. The van der Waals surface area contributed by atoms with Crippen molar-refractivity contribution in [3.63, 3.8) is 0 Å². The molecule has 0 bridgehead atoms. The lowest BCUT2D eigenvalue weighted by Gasteiger charge is -2.09. The van der Waals surface area contributed by atoms with Gasteiger partial charge in [0.15, 0.2) is 0 Å². The minimum atomic E-state index is -0.955. The van der Waals surface area contributed by atoms with Gasteiger partial charge in [0.2, 0.25) is 0 Å².